The van der Waals surface area contributed by atoms with Gasteiger partial charge < -0.3 is 9.84 Å². The van der Waals surface area contributed by atoms with Crippen molar-refractivity contribution < 1.29 is 9.84 Å². The van der Waals surface area contributed by atoms with Gasteiger partial charge in [0.25, 0.3) is 0 Å². The van der Waals surface area contributed by atoms with E-state index >= 15 is 0 Å². The third-order valence-corrected chi connectivity index (χ3v) is 6.03. The van der Waals surface area contributed by atoms with Crippen LogP contribution in [-0.2, 0) is 11.2 Å². The highest BCUT2D eigenvalue weighted by molar-refractivity contribution is 7.99. The first-order valence-corrected chi connectivity index (χ1v) is 10.4. The van der Waals surface area contributed by atoms with Crippen LogP contribution in [0.5, 0.6) is 0 Å². The predicted octanol–water partition coefficient (Wildman–Crippen LogP) is 4.49. The number of fused-ring (bicyclic) bond motifs is 2. The Morgan fingerprint density at radius 3 is 2.89 bits per heavy atom. The molecule has 1 heterocycles. The topological polar surface area (TPSA) is 55.2 Å². The minimum Gasteiger partial charge on any atom is -0.390 e. The largest absolute Gasteiger partial charge is 0.390 e. The van der Waals surface area contributed by atoms with Gasteiger partial charge in [-0.05, 0) is 43.4 Å². The van der Waals surface area contributed by atoms with E-state index in [1.807, 2.05) is 31.2 Å². The zero-order valence-corrected chi connectivity index (χ0v) is 16.3. The van der Waals surface area contributed by atoms with Crippen LogP contribution in [0.1, 0.15) is 35.9 Å². The molecule has 5 heteroatoms. The molecule has 0 fully saturated rings. The van der Waals surface area contributed by atoms with Crippen molar-refractivity contribution in [3.05, 3.63) is 65.5 Å². The molecule has 27 heavy (non-hydrogen) atoms. The van der Waals surface area contributed by atoms with E-state index in [0.29, 0.717) is 12.4 Å². The highest BCUT2D eigenvalue weighted by Gasteiger charge is 2.21. The SMILES string of the molecule is Cc1nc(SC[C@H](O)CO[C@H]2CCCc3ccccc32)c2ccccc2n1. The number of aryl methyl sites for hydroxylation is 2. The molecule has 4 rings (SSSR count). The number of aromatic nitrogens is 2. The van der Waals surface area contributed by atoms with Gasteiger partial charge in [0, 0.05) is 11.1 Å². The average molecular weight is 381 g/mol. The highest BCUT2D eigenvalue weighted by atomic mass is 32.2. The lowest BCUT2D eigenvalue weighted by molar-refractivity contribution is -0.00959. The molecule has 0 amide bonds. The van der Waals surface area contributed by atoms with Crippen molar-refractivity contribution in [1.29, 1.82) is 0 Å². The third kappa shape index (κ3) is 4.32. The van der Waals surface area contributed by atoms with E-state index in [1.165, 1.54) is 11.1 Å². The lowest BCUT2D eigenvalue weighted by atomic mass is 9.89. The molecule has 0 unspecified atom stereocenters. The summed E-state index contributed by atoms with van der Waals surface area (Å²) >= 11 is 1.56. The maximum Gasteiger partial charge on any atom is 0.127 e. The number of nitrogens with zero attached hydrogens (tertiary/aromatic N) is 2. The molecule has 140 valence electrons. The summed E-state index contributed by atoms with van der Waals surface area (Å²) in [5.41, 5.74) is 3.60. The minimum absolute atomic E-state index is 0.0942. The van der Waals surface area contributed by atoms with Crippen LogP contribution in [0.3, 0.4) is 0 Å². The summed E-state index contributed by atoms with van der Waals surface area (Å²) < 4.78 is 6.07. The van der Waals surface area contributed by atoms with Crippen molar-refractivity contribution in [2.24, 2.45) is 0 Å². The van der Waals surface area contributed by atoms with E-state index in [-0.39, 0.29) is 6.10 Å². The van der Waals surface area contributed by atoms with E-state index < -0.39 is 6.10 Å². The molecule has 3 aromatic rings. The van der Waals surface area contributed by atoms with Gasteiger partial charge in [-0.2, -0.15) is 0 Å². The molecule has 1 N–H and O–H groups in total. The van der Waals surface area contributed by atoms with E-state index in [9.17, 15) is 5.11 Å². The molecule has 0 saturated carbocycles. The fourth-order valence-electron chi connectivity index (χ4n) is 3.60. The fraction of sp³-hybridized carbons (Fsp3) is 0.364. The van der Waals surface area contributed by atoms with Crippen molar-refractivity contribution in [3.8, 4) is 0 Å². The Bertz CT molecular complexity index is 931. The van der Waals surface area contributed by atoms with Crippen LogP contribution >= 0.6 is 11.8 Å². The normalized spacial score (nSPS) is 17.6. The summed E-state index contributed by atoms with van der Waals surface area (Å²) in [5, 5.41) is 12.4. The number of hydrogen-bond acceptors (Lipinski definition) is 5. The smallest absolute Gasteiger partial charge is 0.127 e. The summed E-state index contributed by atoms with van der Waals surface area (Å²) in [7, 11) is 0. The monoisotopic (exact) mass is 380 g/mol. The van der Waals surface area contributed by atoms with Crippen LogP contribution in [0, 0.1) is 6.92 Å². The average Bonchev–Trinajstić information content (AvgIpc) is 2.70. The van der Waals surface area contributed by atoms with Gasteiger partial charge in [0.05, 0.1) is 24.3 Å². The van der Waals surface area contributed by atoms with Crippen LogP contribution in [0.4, 0.5) is 0 Å². The van der Waals surface area contributed by atoms with Gasteiger partial charge in [-0.15, -0.1) is 11.8 Å². The van der Waals surface area contributed by atoms with Crippen molar-refractivity contribution >= 4 is 22.7 Å². The Hall–Kier alpha value is -1.95. The maximum atomic E-state index is 10.4. The van der Waals surface area contributed by atoms with Crippen LogP contribution < -0.4 is 0 Å². The minimum atomic E-state index is -0.530. The molecule has 4 nitrogen and oxygen atoms in total. The van der Waals surface area contributed by atoms with Crippen LogP contribution in [-0.4, -0.2) is 33.5 Å². The summed E-state index contributed by atoms with van der Waals surface area (Å²) in [6.45, 7) is 2.24. The van der Waals surface area contributed by atoms with Crippen LogP contribution in [0.2, 0.25) is 0 Å². The second-order valence-corrected chi connectivity index (χ2v) is 7.98. The quantitative estimate of drug-likeness (QED) is 0.504. The van der Waals surface area contributed by atoms with E-state index in [4.69, 9.17) is 4.74 Å². The number of aliphatic hydroxyl groups is 1. The Kier molecular flexibility index (Phi) is 5.72. The number of aliphatic hydroxyl groups excluding tert-OH is 1. The summed E-state index contributed by atoms with van der Waals surface area (Å²) in [5.74, 6) is 1.30. The third-order valence-electron chi connectivity index (χ3n) is 4.90. The lowest BCUT2D eigenvalue weighted by Gasteiger charge is -2.26. The second-order valence-electron chi connectivity index (χ2n) is 6.97. The number of ether oxygens (including phenoxy) is 1. The van der Waals surface area contributed by atoms with Crippen LogP contribution in [0.25, 0.3) is 10.9 Å². The second kappa shape index (κ2) is 8.38. The Morgan fingerprint density at radius 2 is 1.96 bits per heavy atom. The maximum absolute atomic E-state index is 10.4. The molecule has 1 aliphatic rings. The molecule has 0 spiro atoms. The zero-order valence-electron chi connectivity index (χ0n) is 15.5. The zero-order chi connectivity index (χ0) is 18.6. The first kappa shape index (κ1) is 18.4. The van der Waals surface area contributed by atoms with Gasteiger partial charge in [0.1, 0.15) is 10.9 Å². The van der Waals surface area contributed by atoms with Crippen molar-refractivity contribution in [2.75, 3.05) is 12.4 Å². The summed E-state index contributed by atoms with van der Waals surface area (Å²) in [6.07, 6.45) is 2.84. The van der Waals surface area contributed by atoms with E-state index in [2.05, 4.69) is 34.2 Å². The fourth-order valence-corrected chi connectivity index (χ4v) is 4.57. The molecule has 2 atom stereocenters. The van der Waals surface area contributed by atoms with Gasteiger partial charge in [0.15, 0.2) is 0 Å². The molecule has 0 bridgehead atoms. The number of para-hydroxylation sites is 1. The molecule has 0 aliphatic heterocycles. The van der Waals surface area contributed by atoms with Crippen LogP contribution in [0.15, 0.2) is 53.6 Å². The Balaban J connectivity index is 1.37. The standard InChI is InChI=1S/C22H24N2O2S/c1-15-23-20-11-5-4-10-19(20)22(24-15)27-14-17(25)13-26-21-12-6-8-16-7-2-3-9-18(16)21/h2-5,7,9-11,17,21,25H,6,8,12-14H2,1H3/t17-,21+/m1/s1. The lowest BCUT2D eigenvalue weighted by Crippen LogP contribution is -2.22. The van der Waals surface area contributed by atoms with Crippen molar-refractivity contribution in [3.63, 3.8) is 0 Å². The Morgan fingerprint density at radius 1 is 1.15 bits per heavy atom. The summed E-state index contributed by atoms with van der Waals surface area (Å²) in [6, 6.07) is 16.5. The molecule has 0 saturated heterocycles. The highest BCUT2D eigenvalue weighted by Crippen LogP contribution is 2.32. The van der Waals surface area contributed by atoms with Crippen molar-refractivity contribution in [2.45, 2.75) is 43.4 Å². The number of hydrogen-bond donors (Lipinski definition) is 1. The van der Waals surface area contributed by atoms with Gasteiger partial charge in [-0.1, -0.05) is 42.5 Å². The van der Waals surface area contributed by atoms with Crippen molar-refractivity contribution in [1.82, 2.24) is 9.97 Å². The number of thioether (sulfide) groups is 1. The molecule has 1 aliphatic carbocycles. The molecular formula is C22H24N2O2S. The van der Waals surface area contributed by atoms with Gasteiger partial charge in [0.2, 0.25) is 0 Å². The van der Waals surface area contributed by atoms with Gasteiger partial charge >= 0.3 is 0 Å². The Labute approximate surface area is 164 Å². The van der Waals surface area contributed by atoms with E-state index in [0.717, 1.165) is 41.0 Å². The van der Waals surface area contributed by atoms with E-state index in [1.54, 1.807) is 11.8 Å². The predicted molar refractivity (Wildman–Crippen MR) is 109 cm³/mol. The molecule has 0 radical (unpaired) electrons. The summed E-state index contributed by atoms with van der Waals surface area (Å²) in [4.78, 5) is 9.02. The molecule has 2 aromatic carbocycles. The number of rotatable bonds is 6. The van der Waals surface area contributed by atoms with Gasteiger partial charge in [-0.25, -0.2) is 9.97 Å². The molecular weight excluding hydrogens is 356 g/mol. The molecule has 1 aromatic heterocycles. The van der Waals surface area contributed by atoms with Gasteiger partial charge in [-0.3, -0.25) is 0 Å². The first-order valence-electron chi connectivity index (χ1n) is 9.44. The number of benzene rings is 2. The first-order chi connectivity index (χ1) is 13.2.